The van der Waals surface area contributed by atoms with Crippen molar-refractivity contribution in [1.29, 1.82) is 0 Å². The number of carbonyl (C=O) groups excluding carboxylic acids is 3. The highest BCUT2D eigenvalue weighted by atomic mass is 16.6. The smallest absolute Gasteiger partial charge is 0.355 e. The van der Waals surface area contributed by atoms with Crippen LogP contribution in [0.1, 0.15) is 6.92 Å². The Morgan fingerprint density at radius 1 is 1.42 bits per heavy atom. The molecule has 1 saturated heterocycles. The van der Waals surface area contributed by atoms with Crippen LogP contribution in [-0.2, 0) is 19.1 Å². The zero-order valence-electron chi connectivity index (χ0n) is 12.5. The van der Waals surface area contributed by atoms with Crippen LogP contribution in [0, 0.1) is 16.0 Å². The van der Waals surface area contributed by atoms with Crippen LogP contribution in [0.4, 0.5) is 11.4 Å². The molecule has 2 amide bonds. The summed E-state index contributed by atoms with van der Waals surface area (Å²) in [5.41, 5.74) is 2.11. The van der Waals surface area contributed by atoms with Crippen LogP contribution >= 0.6 is 0 Å². The van der Waals surface area contributed by atoms with E-state index in [-0.39, 0.29) is 23.7 Å². The number of nitrogens with zero attached hydrogens (tertiary/aromatic N) is 3. The summed E-state index contributed by atoms with van der Waals surface area (Å²) in [4.78, 5) is 48.0. The second kappa shape index (κ2) is 5.72. The third-order valence-electron chi connectivity index (χ3n) is 3.71. The molecule has 0 spiro atoms. The van der Waals surface area contributed by atoms with E-state index in [4.69, 9.17) is 4.74 Å². The maximum atomic E-state index is 12.6. The molecule has 10 nitrogen and oxygen atoms in total. The molecule has 1 N–H and O–H groups in total. The number of esters is 1. The number of fused-ring (bicyclic) bond motifs is 1. The first-order chi connectivity index (χ1) is 11.5. The van der Waals surface area contributed by atoms with E-state index in [9.17, 15) is 24.5 Å². The fourth-order valence-corrected chi connectivity index (χ4v) is 2.66. The van der Waals surface area contributed by atoms with Crippen molar-refractivity contribution < 1.29 is 24.0 Å². The Morgan fingerprint density at radius 2 is 2.17 bits per heavy atom. The Hall–Kier alpha value is -3.30. The van der Waals surface area contributed by atoms with Gasteiger partial charge in [-0.15, -0.1) is 0 Å². The number of non-ortho nitro benzene ring substituents is 1. The normalized spacial score (nSPS) is 22.0. The van der Waals surface area contributed by atoms with Gasteiger partial charge >= 0.3 is 5.97 Å². The molecule has 2 atom stereocenters. The van der Waals surface area contributed by atoms with Gasteiger partial charge in [0.25, 0.3) is 11.6 Å². The van der Waals surface area contributed by atoms with E-state index >= 15 is 0 Å². The quantitative estimate of drug-likeness (QED) is 0.354. The zero-order chi connectivity index (χ0) is 17.4. The molecule has 10 heteroatoms. The van der Waals surface area contributed by atoms with Crippen molar-refractivity contribution in [3.8, 4) is 0 Å². The fraction of sp³-hybridized carbons (Fsp3) is 0.286. The van der Waals surface area contributed by atoms with Gasteiger partial charge in [-0.3, -0.25) is 25.1 Å². The molecule has 0 bridgehead atoms. The first kappa shape index (κ1) is 15.6. The number of amides is 2. The number of nitrogens with one attached hydrogen (secondary N) is 1. The molecule has 24 heavy (non-hydrogen) atoms. The van der Waals surface area contributed by atoms with Gasteiger partial charge in [0.15, 0.2) is 5.71 Å². The van der Waals surface area contributed by atoms with Gasteiger partial charge in [0.1, 0.15) is 12.0 Å². The Bertz CT molecular complexity index is 789. The molecule has 2 heterocycles. The first-order valence-electron chi connectivity index (χ1n) is 7.08. The molecule has 0 radical (unpaired) electrons. The highest BCUT2D eigenvalue weighted by molar-refractivity contribution is 6.46. The Balaban J connectivity index is 1.94. The summed E-state index contributed by atoms with van der Waals surface area (Å²) in [5, 5.41) is 14.6. The van der Waals surface area contributed by atoms with Gasteiger partial charge in [-0.1, -0.05) is 6.07 Å². The summed E-state index contributed by atoms with van der Waals surface area (Å²) < 4.78 is 4.83. The summed E-state index contributed by atoms with van der Waals surface area (Å²) in [6, 6.07) is 4.13. The average Bonchev–Trinajstić information content (AvgIpc) is 3.09. The number of hydrogen-bond acceptors (Lipinski definition) is 8. The third-order valence-corrected chi connectivity index (χ3v) is 3.71. The highest BCUT2D eigenvalue weighted by Gasteiger charge is 2.55. The number of hydrogen-bond donors (Lipinski definition) is 1. The van der Waals surface area contributed by atoms with E-state index in [1.165, 1.54) is 18.2 Å². The van der Waals surface area contributed by atoms with E-state index in [2.05, 4.69) is 10.5 Å². The van der Waals surface area contributed by atoms with Gasteiger partial charge in [0.2, 0.25) is 5.91 Å². The van der Waals surface area contributed by atoms with Crippen LogP contribution in [0.25, 0.3) is 0 Å². The topological polar surface area (TPSA) is 131 Å². The molecular weight excluding hydrogens is 320 g/mol. The summed E-state index contributed by atoms with van der Waals surface area (Å²) in [6.07, 6.45) is 0. The van der Waals surface area contributed by atoms with E-state index < -0.39 is 34.7 Å². The van der Waals surface area contributed by atoms with Crippen molar-refractivity contribution >= 4 is 34.9 Å². The molecule has 2 aliphatic heterocycles. The van der Waals surface area contributed by atoms with Crippen LogP contribution in [0.2, 0.25) is 0 Å². The van der Waals surface area contributed by atoms with Gasteiger partial charge < -0.3 is 4.74 Å². The number of nitro benzene ring substituents is 1. The molecular formula is C14H12N4O6. The second-order valence-electron chi connectivity index (χ2n) is 5.09. The van der Waals surface area contributed by atoms with E-state index in [0.717, 1.165) is 11.0 Å². The van der Waals surface area contributed by atoms with Crippen molar-refractivity contribution in [2.24, 2.45) is 11.0 Å². The number of hydrazone groups is 1. The number of carbonyl (C=O) groups is 3. The Kier molecular flexibility index (Phi) is 3.72. The first-order valence-corrected chi connectivity index (χ1v) is 7.08. The molecule has 0 unspecified atom stereocenters. The van der Waals surface area contributed by atoms with Crippen molar-refractivity contribution in [3.63, 3.8) is 0 Å². The highest BCUT2D eigenvalue weighted by Crippen LogP contribution is 2.32. The SMILES string of the molecule is CCOC(=O)C1=NN[C@H]2C(=O)N(c3cccc([N+](=O)[O-])c3)C(=O)[C@@H]12. The van der Waals surface area contributed by atoms with Gasteiger partial charge in [0.05, 0.1) is 17.2 Å². The predicted octanol–water partition coefficient (Wildman–Crippen LogP) is -0.0249. The molecule has 1 aromatic rings. The van der Waals surface area contributed by atoms with Crippen molar-refractivity contribution in [3.05, 3.63) is 34.4 Å². The number of rotatable bonds is 4. The number of anilines is 1. The lowest BCUT2D eigenvalue weighted by atomic mass is 9.99. The summed E-state index contributed by atoms with van der Waals surface area (Å²) in [6.45, 7) is 1.71. The fourth-order valence-electron chi connectivity index (χ4n) is 2.66. The van der Waals surface area contributed by atoms with E-state index in [0.29, 0.717) is 0 Å². The van der Waals surface area contributed by atoms with Gasteiger partial charge in [-0.2, -0.15) is 5.10 Å². The molecule has 3 rings (SSSR count). The Labute approximate surface area is 135 Å². The third kappa shape index (κ3) is 2.28. The maximum absolute atomic E-state index is 12.6. The number of ether oxygens (including phenoxy) is 1. The summed E-state index contributed by atoms with van der Waals surface area (Å²) in [7, 11) is 0. The number of nitro groups is 1. The second-order valence-corrected chi connectivity index (χ2v) is 5.09. The lowest BCUT2D eigenvalue weighted by Crippen LogP contribution is -2.36. The largest absolute Gasteiger partial charge is 0.461 e. The van der Waals surface area contributed by atoms with Gasteiger partial charge in [-0.05, 0) is 13.0 Å². The van der Waals surface area contributed by atoms with Crippen LogP contribution in [0.15, 0.2) is 29.4 Å². The maximum Gasteiger partial charge on any atom is 0.355 e. The van der Waals surface area contributed by atoms with Gasteiger partial charge in [-0.25, -0.2) is 9.69 Å². The molecule has 0 saturated carbocycles. The molecule has 1 fully saturated rings. The van der Waals surface area contributed by atoms with Crippen molar-refractivity contribution in [2.45, 2.75) is 13.0 Å². The molecule has 2 aliphatic rings. The lowest BCUT2D eigenvalue weighted by Gasteiger charge is -2.15. The van der Waals surface area contributed by atoms with Crippen molar-refractivity contribution in [2.75, 3.05) is 11.5 Å². The lowest BCUT2D eigenvalue weighted by molar-refractivity contribution is -0.384. The standard InChI is InChI=1S/C14H12N4O6/c1-2-24-14(21)11-9-10(15-16-11)13(20)17(12(9)19)7-4-3-5-8(6-7)18(22)23/h3-6,9-10,15H,2H2,1H3/t9-,10-/m1/s1. The minimum Gasteiger partial charge on any atom is -0.461 e. The van der Waals surface area contributed by atoms with Crippen LogP contribution < -0.4 is 10.3 Å². The minimum atomic E-state index is -1.10. The molecule has 124 valence electrons. The summed E-state index contributed by atoms with van der Waals surface area (Å²) in [5.74, 6) is -3.19. The summed E-state index contributed by atoms with van der Waals surface area (Å²) >= 11 is 0. The van der Waals surface area contributed by atoms with Crippen LogP contribution in [-0.4, -0.2) is 41.1 Å². The zero-order valence-corrected chi connectivity index (χ0v) is 12.5. The van der Waals surface area contributed by atoms with Crippen LogP contribution in [0.5, 0.6) is 0 Å². The molecule has 0 aromatic heterocycles. The molecule has 1 aromatic carbocycles. The van der Waals surface area contributed by atoms with Crippen LogP contribution in [0.3, 0.4) is 0 Å². The number of imide groups is 1. The number of benzene rings is 1. The predicted molar refractivity (Wildman–Crippen MR) is 80.1 cm³/mol. The van der Waals surface area contributed by atoms with Crippen molar-refractivity contribution in [1.82, 2.24) is 5.43 Å². The minimum absolute atomic E-state index is 0.0682. The molecule has 0 aliphatic carbocycles. The monoisotopic (exact) mass is 332 g/mol. The average molecular weight is 332 g/mol. The van der Waals surface area contributed by atoms with E-state index in [1.807, 2.05) is 0 Å². The van der Waals surface area contributed by atoms with E-state index in [1.54, 1.807) is 6.92 Å². The Morgan fingerprint density at radius 3 is 2.83 bits per heavy atom. The van der Waals surface area contributed by atoms with Gasteiger partial charge in [0, 0.05) is 12.1 Å².